The molecule has 1 aromatic rings. The molecule has 0 radical (unpaired) electrons. The number of carbonyl (C=O) groups excluding carboxylic acids is 3. The molecule has 0 saturated carbocycles. The van der Waals surface area contributed by atoms with Crippen LogP contribution < -0.4 is 15.4 Å². The Morgan fingerprint density at radius 1 is 1.09 bits per heavy atom. The third-order valence-electron chi connectivity index (χ3n) is 2.54. The van der Waals surface area contributed by atoms with Crippen molar-refractivity contribution in [1.29, 1.82) is 0 Å². The SMILES string of the molecule is COC(=O)c1ccc(OCC(=O)NCC(=O)NC(C)C)cc1. The van der Waals surface area contributed by atoms with Crippen LogP contribution in [-0.2, 0) is 14.3 Å². The van der Waals surface area contributed by atoms with E-state index in [-0.39, 0.29) is 25.1 Å². The minimum atomic E-state index is -0.444. The molecule has 1 rings (SSSR count). The van der Waals surface area contributed by atoms with Crippen LogP contribution in [0.3, 0.4) is 0 Å². The van der Waals surface area contributed by atoms with E-state index < -0.39 is 11.9 Å². The molecule has 1 aromatic carbocycles. The molecule has 0 atom stereocenters. The van der Waals surface area contributed by atoms with Crippen LogP contribution in [0.1, 0.15) is 24.2 Å². The number of ether oxygens (including phenoxy) is 2. The van der Waals surface area contributed by atoms with Gasteiger partial charge >= 0.3 is 5.97 Å². The third kappa shape index (κ3) is 6.25. The summed E-state index contributed by atoms with van der Waals surface area (Å²) in [7, 11) is 1.30. The Morgan fingerprint density at radius 2 is 1.73 bits per heavy atom. The van der Waals surface area contributed by atoms with E-state index in [1.165, 1.54) is 19.2 Å². The number of methoxy groups -OCH3 is 1. The number of hydrogen-bond donors (Lipinski definition) is 2. The van der Waals surface area contributed by atoms with Crippen LogP contribution in [0, 0.1) is 0 Å². The van der Waals surface area contributed by atoms with Gasteiger partial charge < -0.3 is 20.1 Å². The van der Waals surface area contributed by atoms with E-state index in [0.29, 0.717) is 11.3 Å². The standard InChI is InChI=1S/C15H20N2O5/c1-10(2)17-13(18)8-16-14(19)9-22-12-6-4-11(5-7-12)15(20)21-3/h4-7,10H,8-9H2,1-3H3,(H,16,19)(H,17,18). The molecular formula is C15H20N2O5. The lowest BCUT2D eigenvalue weighted by Crippen LogP contribution is -2.41. The van der Waals surface area contributed by atoms with Crippen LogP contribution in [0.2, 0.25) is 0 Å². The van der Waals surface area contributed by atoms with Crippen LogP contribution in [0.25, 0.3) is 0 Å². The van der Waals surface area contributed by atoms with Gasteiger partial charge in [-0.3, -0.25) is 9.59 Å². The lowest BCUT2D eigenvalue weighted by molar-refractivity contribution is -0.127. The van der Waals surface area contributed by atoms with Gasteiger partial charge in [-0.25, -0.2) is 4.79 Å². The second-order valence-corrected chi connectivity index (χ2v) is 4.80. The summed E-state index contributed by atoms with van der Waals surface area (Å²) in [6.45, 7) is 3.36. The normalized spacial score (nSPS) is 10.0. The lowest BCUT2D eigenvalue weighted by Gasteiger charge is -2.10. The Kier molecular flexibility index (Phi) is 6.88. The summed E-state index contributed by atoms with van der Waals surface area (Å²) in [5.74, 6) is -0.670. The van der Waals surface area contributed by atoms with E-state index in [1.807, 2.05) is 13.8 Å². The predicted molar refractivity (Wildman–Crippen MR) is 79.6 cm³/mol. The fourth-order valence-electron chi connectivity index (χ4n) is 1.56. The summed E-state index contributed by atoms with van der Waals surface area (Å²) < 4.78 is 9.83. The number of esters is 1. The Balaban J connectivity index is 2.35. The summed E-state index contributed by atoms with van der Waals surface area (Å²) in [6, 6.07) is 6.22. The van der Waals surface area contributed by atoms with Crippen LogP contribution in [0.15, 0.2) is 24.3 Å². The van der Waals surface area contributed by atoms with Crippen molar-refractivity contribution in [2.75, 3.05) is 20.3 Å². The van der Waals surface area contributed by atoms with E-state index in [9.17, 15) is 14.4 Å². The maximum Gasteiger partial charge on any atom is 0.337 e. The predicted octanol–water partition coefficient (Wildman–Crippen LogP) is 0.493. The van der Waals surface area contributed by atoms with Crippen molar-refractivity contribution >= 4 is 17.8 Å². The first-order valence-electron chi connectivity index (χ1n) is 6.79. The highest BCUT2D eigenvalue weighted by Crippen LogP contribution is 2.12. The number of carbonyl (C=O) groups is 3. The van der Waals surface area contributed by atoms with Gasteiger partial charge in [0.25, 0.3) is 5.91 Å². The summed E-state index contributed by atoms with van der Waals surface area (Å²) in [5, 5.41) is 5.10. The molecule has 2 amide bonds. The van der Waals surface area contributed by atoms with Crippen molar-refractivity contribution in [3.8, 4) is 5.75 Å². The number of benzene rings is 1. The highest BCUT2D eigenvalue weighted by Gasteiger charge is 2.08. The molecule has 120 valence electrons. The molecule has 7 nitrogen and oxygen atoms in total. The zero-order valence-corrected chi connectivity index (χ0v) is 12.8. The maximum absolute atomic E-state index is 11.5. The first-order valence-corrected chi connectivity index (χ1v) is 6.79. The van der Waals surface area contributed by atoms with Gasteiger partial charge in [0.1, 0.15) is 5.75 Å². The van der Waals surface area contributed by atoms with Crippen molar-refractivity contribution in [2.24, 2.45) is 0 Å². The summed E-state index contributed by atoms with van der Waals surface area (Å²) in [4.78, 5) is 34.1. The van der Waals surface area contributed by atoms with Gasteiger partial charge in [0.2, 0.25) is 5.91 Å². The molecule has 0 aliphatic rings. The van der Waals surface area contributed by atoms with E-state index in [4.69, 9.17) is 4.74 Å². The Hall–Kier alpha value is -2.57. The molecule has 0 fully saturated rings. The molecule has 0 bridgehead atoms. The average molecular weight is 308 g/mol. The van der Waals surface area contributed by atoms with E-state index in [2.05, 4.69) is 15.4 Å². The van der Waals surface area contributed by atoms with Crippen LogP contribution in [0.4, 0.5) is 0 Å². The minimum Gasteiger partial charge on any atom is -0.484 e. The molecule has 0 saturated heterocycles. The quantitative estimate of drug-likeness (QED) is 0.715. The van der Waals surface area contributed by atoms with Gasteiger partial charge in [0.15, 0.2) is 6.61 Å². The van der Waals surface area contributed by atoms with Crippen molar-refractivity contribution in [3.63, 3.8) is 0 Å². The van der Waals surface area contributed by atoms with Gasteiger partial charge in [-0.1, -0.05) is 0 Å². The highest BCUT2D eigenvalue weighted by atomic mass is 16.5. The van der Waals surface area contributed by atoms with E-state index in [0.717, 1.165) is 0 Å². The monoisotopic (exact) mass is 308 g/mol. The van der Waals surface area contributed by atoms with Crippen molar-refractivity contribution in [1.82, 2.24) is 10.6 Å². The molecule has 0 spiro atoms. The van der Waals surface area contributed by atoms with E-state index in [1.54, 1.807) is 12.1 Å². The lowest BCUT2D eigenvalue weighted by atomic mass is 10.2. The van der Waals surface area contributed by atoms with Crippen LogP contribution >= 0.6 is 0 Å². The fourth-order valence-corrected chi connectivity index (χ4v) is 1.56. The molecular weight excluding hydrogens is 288 g/mol. The molecule has 0 heterocycles. The van der Waals surface area contributed by atoms with Crippen LogP contribution in [0.5, 0.6) is 5.75 Å². The maximum atomic E-state index is 11.5. The van der Waals surface area contributed by atoms with Crippen molar-refractivity contribution in [2.45, 2.75) is 19.9 Å². The summed E-state index contributed by atoms with van der Waals surface area (Å²) in [5.41, 5.74) is 0.393. The van der Waals surface area contributed by atoms with Gasteiger partial charge in [0, 0.05) is 6.04 Å². The largest absolute Gasteiger partial charge is 0.484 e. The smallest absolute Gasteiger partial charge is 0.337 e. The fraction of sp³-hybridized carbons (Fsp3) is 0.400. The van der Waals surface area contributed by atoms with Crippen molar-refractivity contribution in [3.05, 3.63) is 29.8 Å². The molecule has 0 aliphatic carbocycles. The molecule has 0 aliphatic heterocycles. The molecule has 2 N–H and O–H groups in total. The average Bonchev–Trinajstić information content (AvgIpc) is 2.50. The third-order valence-corrected chi connectivity index (χ3v) is 2.54. The van der Waals surface area contributed by atoms with Gasteiger partial charge in [-0.2, -0.15) is 0 Å². The molecule has 22 heavy (non-hydrogen) atoms. The number of hydrogen-bond acceptors (Lipinski definition) is 5. The topological polar surface area (TPSA) is 93.7 Å². The van der Waals surface area contributed by atoms with Gasteiger partial charge in [0.05, 0.1) is 19.2 Å². The van der Waals surface area contributed by atoms with Gasteiger partial charge in [-0.15, -0.1) is 0 Å². The molecule has 0 aromatic heterocycles. The minimum absolute atomic E-state index is 0.0222. The Morgan fingerprint density at radius 3 is 2.27 bits per heavy atom. The van der Waals surface area contributed by atoms with E-state index >= 15 is 0 Å². The Bertz CT molecular complexity index is 525. The summed E-state index contributed by atoms with van der Waals surface area (Å²) in [6.07, 6.45) is 0. The highest BCUT2D eigenvalue weighted by molar-refractivity contribution is 5.89. The Labute approximate surface area is 129 Å². The first-order chi connectivity index (χ1) is 10.4. The van der Waals surface area contributed by atoms with Crippen LogP contribution in [-0.4, -0.2) is 44.1 Å². The zero-order valence-electron chi connectivity index (χ0n) is 12.8. The van der Waals surface area contributed by atoms with Crippen molar-refractivity contribution < 1.29 is 23.9 Å². The zero-order chi connectivity index (χ0) is 16.5. The number of amides is 2. The number of rotatable bonds is 7. The van der Waals surface area contributed by atoms with Gasteiger partial charge in [-0.05, 0) is 38.1 Å². The molecule has 7 heteroatoms. The molecule has 0 unspecified atom stereocenters. The number of nitrogens with one attached hydrogen (secondary N) is 2. The second-order valence-electron chi connectivity index (χ2n) is 4.80. The first kappa shape index (κ1) is 17.5. The summed E-state index contributed by atoms with van der Waals surface area (Å²) >= 11 is 0. The second kappa shape index (κ2) is 8.66.